The molecule has 3 fully saturated rings. The van der Waals surface area contributed by atoms with E-state index in [0.29, 0.717) is 11.4 Å². The first-order valence-electron chi connectivity index (χ1n) is 5.63. The van der Waals surface area contributed by atoms with E-state index in [1.807, 2.05) is 0 Å². The molecule has 2 bridgehead atoms. The molecule has 78 valence electrons. The van der Waals surface area contributed by atoms with Crippen LogP contribution in [0.15, 0.2) is 12.3 Å². The number of alkyl halides is 1. The van der Waals surface area contributed by atoms with E-state index < -0.39 is 0 Å². The first kappa shape index (κ1) is 9.05. The van der Waals surface area contributed by atoms with Crippen molar-refractivity contribution in [1.82, 2.24) is 9.80 Å². The third-order valence-electron chi connectivity index (χ3n) is 3.89. The Kier molecular flexibility index (Phi) is 2.21. The summed E-state index contributed by atoms with van der Waals surface area (Å²) < 4.78 is 0. The van der Waals surface area contributed by atoms with Gasteiger partial charge in [-0.25, -0.2) is 0 Å². The van der Waals surface area contributed by atoms with Crippen molar-refractivity contribution >= 4 is 11.6 Å². The predicted octanol–water partition coefficient (Wildman–Crippen LogP) is 1.52. The van der Waals surface area contributed by atoms with Crippen molar-refractivity contribution < 1.29 is 0 Å². The Morgan fingerprint density at radius 3 is 2.79 bits per heavy atom. The fourth-order valence-electron chi connectivity index (χ4n) is 3.12. The number of hydrogen-bond donors (Lipinski definition) is 0. The van der Waals surface area contributed by atoms with E-state index in [-0.39, 0.29) is 0 Å². The minimum Gasteiger partial charge on any atom is -0.373 e. The van der Waals surface area contributed by atoms with E-state index >= 15 is 0 Å². The summed E-state index contributed by atoms with van der Waals surface area (Å²) in [7, 11) is 0. The number of nitrogens with zero attached hydrogens (tertiary/aromatic N) is 2. The molecule has 0 aromatic carbocycles. The summed E-state index contributed by atoms with van der Waals surface area (Å²) in [6.07, 6.45) is 7.07. The zero-order valence-corrected chi connectivity index (χ0v) is 9.16. The van der Waals surface area contributed by atoms with Gasteiger partial charge in [-0.3, -0.25) is 4.90 Å². The highest BCUT2D eigenvalue weighted by Crippen LogP contribution is 2.35. The molecule has 0 radical (unpaired) electrons. The molecule has 3 heteroatoms. The van der Waals surface area contributed by atoms with Crippen LogP contribution in [0.5, 0.6) is 0 Å². The number of halogens is 1. The van der Waals surface area contributed by atoms with Crippen molar-refractivity contribution in [3.05, 3.63) is 12.3 Å². The molecule has 14 heavy (non-hydrogen) atoms. The molecular formula is C11H17ClN2. The van der Waals surface area contributed by atoms with Crippen molar-refractivity contribution in [3.8, 4) is 0 Å². The third-order valence-corrected chi connectivity index (χ3v) is 4.35. The molecule has 0 spiro atoms. The highest BCUT2D eigenvalue weighted by molar-refractivity contribution is 6.21. The summed E-state index contributed by atoms with van der Waals surface area (Å²) in [4.78, 5) is 5.03. The lowest BCUT2D eigenvalue weighted by Gasteiger charge is -2.50. The van der Waals surface area contributed by atoms with E-state index in [1.54, 1.807) is 0 Å². The van der Waals surface area contributed by atoms with Gasteiger partial charge < -0.3 is 4.90 Å². The lowest BCUT2D eigenvalue weighted by molar-refractivity contribution is 0.0327. The second-order valence-electron chi connectivity index (χ2n) is 4.71. The van der Waals surface area contributed by atoms with Gasteiger partial charge in [0, 0.05) is 25.7 Å². The van der Waals surface area contributed by atoms with Gasteiger partial charge in [0.1, 0.15) is 0 Å². The highest BCUT2D eigenvalue weighted by atomic mass is 35.5. The molecule has 4 atom stereocenters. The molecule has 4 aliphatic rings. The number of rotatable bonds is 1. The Balaban J connectivity index is 1.77. The summed E-state index contributed by atoms with van der Waals surface area (Å²) >= 11 is 6.39. The maximum atomic E-state index is 6.39. The van der Waals surface area contributed by atoms with Crippen LogP contribution in [-0.4, -0.2) is 47.4 Å². The molecule has 0 aromatic rings. The van der Waals surface area contributed by atoms with Crippen LogP contribution in [-0.2, 0) is 0 Å². The van der Waals surface area contributed by atoms with Gasteiger partial charge in [-0.2, -0.15) is 0 Å². The molecule has 0 aromatic heterocycles. The Morgan fingerprint density at radius 2 is 2.14 bits per heavy atom. The van der Waals surface area contributed by atoms with Crippen LogP contribution in [0, 0.1) is 5.92 Å². The van der Waals surface area contributed by atoms with Crippen molar-refractivity contribution in [2.24, 2.45) is 5.92 Å². The Hall–Kier alpha value is -0.210. The van der Waals surface area contributed by atoms with Gasteiger partial charge in [0.2, 0.25) is 0 Å². The molecule has 2 nitrogen and oxygen atoms in total. The zero-order chi connectivity index (χ0) is 9.54. The first-order chi connectivity index (χ1) is 6.84. The van der Waals surface area contributed by atoms with E-state index in [0.717, 1.165) is 12.5 Å². The second kappa shape index (κ2) is 3.42. The summed E-state index contributed by atoms with van der Waals surface area (Å²) in [6, 6.07) is 0.693. The molecular weight excluding hydrogens is 196 g/mol. The maximum Gasteiger partial charge on any atom is 0.0511 e. The van der Waals surface area contributed by atoms with E-state index in [2.05, 4.69) is 22.1 Å². The smallest absolute Gasteiger partial charge is 0.0511 e. The van der Waals surface area contributed by atoms with Crippen molar-refractivity contribution in [1.29, 1.82) is 0 Å². The van der Waals surface area contributed by atoms with Gasteiger partial charge in [0.15, 0.2) is 0 Å². The topological polar surface area (TPSA) is 6.48 Å². The molecule has 4 aliphatic heterocycles. The van der Waals surface area contributed by atoms with Crippen LogP contribution in [0.3, 0.4) is 0 Å². The van der Waals surface area contributed by atoms with Gasteiger partial charge in [-0.05, 0) is 31.5 Å². The fourth-order valence-corrected chi connectivity index (χ4v) is 3.61. The normalized spacial score (nSPS) is 46.2. The number of fused-ring (bicyclic) bond motifs is 3. The van der Waals surface area contributed by atoms with Crippen LogP contribution in [0.25, 0.3) is 0 Å². The van der Waals surface area contributed by atoms with Gasteiger partial charge >= 0.3 is 0 Å². The van der Waals surface area contributed by atoms with Crippen molar-refractivity contribution in [2.75, 3.05) is 26.2 Å². The lowest BCUT2D eigenvalue weighted by atomic mass is 9.83. The Labute approximate surface area is 90.5 Å². The molecule has 0 aliphatic carbocycles. The van der Waals surface area contributed by atoms with Gasteiger partial charge in [0.05, 0.1) is 5.38 Å². The Morgan fingerprint density at radius 1 is 1.21 bits per heavy atom. The van der Waals surface area contributed by atoms with Crippen LogP contribution in [0.4, 0.5) is 0 Å². The second-order valence-corrected chi connectivity index (χ2v) is 5.27. The van der Waals surface area contributed by atoms with E-state index in [4.69, 9.17) is 11.6 Å². The van der Waals surface area contributed by atoms with E-state index in [9.17, 15) is 0 Å². The van der Waals surface area contributed by atoms with Crippen molar-refractivity contribution in [3.63, 3.8) is 0 Å². The molecule has 4 heterocycles. The van der Waals surface area contributed by atoms with E-state index in [1.165, 1.54) is 32.5 Å². The quantitative estimate of drug-likeness (QED) is 0.609. The average molecular weight is 213 g/mol. The molecule has 0 saturated carbocycles. The van der Waals surface area contributed by atoms with Crippen LogP contribution < -0.4 is 0 Å². The highest BCUT2D eigenvalue weighted by Gasteiger charge is 2.42. The largest absolute Gasteiger partial charge is 0.373 e. The molecule has 4 rings (SSSR count). The average Bonchev–Trinajstić information content (AvgIpc) is 2.70. The monoisotopic (exact) mass is 212 g/mol. The maximum absolute atomic E-state index is 6.39. The summed E-state index contributed by atoms with van der Waals surface area (Å²) in [6.45, 7) is 4.82. The first-order valence-corrected chi connectivity index (χ1v) is 6.07. The predicted molar refractivity (Wildman–Crippen MR) is 58.4 cm³/mol. The minimum absolute atomic E-state index is 0.386. The van der Waals surface area contributed by atoms with Gasteiger partial charge in [-0.1, -0.05) is 6.08 Å². The molecule has 4 unspecified atom stereocenters. The minimum atomic E-state index is 0.386. The lowest BCUT2D eigenvalue weighted by Crippen LogP contribution is -2.60. The SMILES string of the molecule is ClC1CN2CCC1C(N1C=CCC1)C2. The fraction of sp³-hybridized carbons (Fsp3) is 0.818. The summed E-state index contributed by atoms with van der Waals surface area (Å²) in [5.74, 6) is 0.726. The summed E-state index contributed by atoms with van der Waals surface area (Å²) in [5, 5.41) is 0.386. The molecule has 0 N–H and O–H groups in total. The zero-order valence-electron chi connectivity index (χ0n) is 8.40. The molecule has 3 saturated heterocycles. The number of piperidine rings is 3. The number of hydrogen-bond acceptors (Lipinski definition) is 2. The standard InChI is InChI=1S/C11H17ClN2/c12-10-7-13-6-3-9(10)11(8-13)14-4-1-2-5-14/h1,4,9-11H,2-3,5-8H2. The van der Waals surface area contributed by atoms with Crippen LogP contribution >= 0.6 is 11.6 Å². The van der Waals surface area contributed by atoms with Crippen molar-refractivity contribution in [2.45, 2.75) is 24.3 Å². The summed E-state index contributed by atoms with van der Waals surface area (Å²) in [5.41, 5.74) is 0. The van der Waals surface area contributed by atoms with Gasteiger partial charge in [0.25, 0.3) is 0 Å². The van der Waals surface area contributed by atoms with Crippen LogP contribution in [0.2, 0.25) is 0 Å². The van der Waals surface area contributed by atoms with Crippen LogP contribution in [0.1, 0.15) is 12.8 Å². The van der Waals surface area contributed by atoms with Gasteiger partial charge in [-0.15, -0.1) is 11.6 Å². The molecule has 0 amide bonds. The Bertz CT molecular complexity index is 254. The third kappa shape index (κ3) is 1.36.